The van der Waals surface area contributed by atoms with Crippen LogP contribution >= 0.6 is 0 Å². The van der Waals surface area contributed by atoms with Gasteiger partial charge < -0.3 is 0 Å². The predicted molar refractivity (Wildman–Crippen MR) is 56.1 cm³/mol. The Labute approximate surface area is 87.6 Å². The molecule has 0 spiro atoms. The molecular formula is C11H9N2O2. The van der Waals surface area contributed by atoms with Gasteiger partial charge in [-0.2, -0.15) is 5.26 Å². The van der Waals surface area contributed by atoms with E-state index in [1.165, 1.54) is 12.1 Å². The molecule has 0 saturated carbocycles. The highest BCUT2D eigenvalue weighted by Gasteiger charge is 2.11. The molecule has 1 rings (SSSR count). The zero-order valence-electron chi connectivity index (χ0n) is 8.01. The molecule has 1 unspecified atom stereocenters. The summed E-state index contributed by atoms with van der Waals surface area (Å²) in [6.07, 6.45) is 1.57. The predicted octanol–water partition coefficient (Wildman–Crippen LogP) is 2.57. The Morgan fingerprint density at radius 1 is 1.53 bits per heavy atom. The second-order valence-electron chi connectivity index (χ2n) is 3.02. The molecule has 4 heteroatoms. The number of nitrogens with zero attached hydrogens (tertiary/aromatic N) is 2. The normalized spacial score (nSPS) is 11.5. The highest BCUT2D eigenvalue weighted by molar-refractivity contribution is 5.46. The molecule has 0 fully saturated rings. The van der Waals surface area contributed by atoms with Crippen molar-refractivity contribution >= 4 is 5.69 Å². The van der Waals surface area contributed by atoms with Crippen LogP contribution < -0.4 is 0 Å². The number of benzene rings is 1. The van der Waals surface area contributed by atoms with Gasteiger partial charge in [0.2, 0.25) is 0 Å². The van der Waals surface area contributed by atoms with E-state index in [4.69, 9.17) is 5.26 Å². The van der Waals surface area contributed by atoms with Crippen LogP contribution in [0.5, 0.6) is 0 Å². The van der Waals surface area contributed by atoms with Crippen LogP contribution in [0.1, 0.15) is 17.0 Å². The summed E-state index contributed by atoms with van der Waals surface area (Å²) in [5.74, 6) is -0.253. The summed E-state index contributed by atoms with van der Waals surface area (Å²) in [4.78, 5) is 10.1. The van der Waals surface area contributed by atoms with Crippen LogP contribution in [0.2, 0.25) is 0 Å². The van der Waals surface area contributed by atoms with Gasteiger partial charge in [-0.3, -0.25) is 10.1 Å². The number of nitro groups is 1. The SMILES string of the molecule is [CH2]C(C=C)c1cc(C#N)cc([N+](=O)[O-])c1. The lowest BCUT2D eigenvalue weighted by Gasteiger charge is -2.05. The molecule has 0 aliphatic carbocycles. The third-order valence-corrected chi connectivity index (χ3v) is 1.99. The first-order chi connectivity index (χ1) is 7.08. The number of hydrogen-bond donors (Lipinski definition) is 0. The molecule has 75 valence electrons. The Morgan fingerprint density at radius 2 is 2.20 bits per heavy atom. The minimum absolute atomic E-state index is 0.0976. The maximum absolute atomic E-state index is 10.6. The molecule has 0 N–H and O–H groups in total. The van der Waals surface area contributed by atoms with Gasteiger partial charge in [-0.15, -0.1) is 6.58 Å². The molecule has 0 heterocycles. The summed E-state index contributed by atoms with van der Waals surface area (Å²) in [6.45, 7) is 7.30. The first-order valence-electron chi connectivity index (χ1n) is 4.23. The Kier molecular flexibility index (Phi) is 3.19. The lowest BCUT2D eigenvalue weighted by molar-refractivity contribution is -0.384. The maximum Gasteiger partial charge on any atom is 0.271 e. The second-order valence-corrected chi connectivity index (χ2v) is 3.02. The first kappa shape index (κ1) is 10.9. The van der Waals surface area contributed by atoms with Crippen LogP contribution in [0.3, 0.4) is 0 Å². The van der Waals surface area contributed by atoms with E-state index in [0.717, 1.165) is 0 Å². The van der Waals surface area contributed by atoms with Gasteiger partial charge in [0.1, 0.15) is 0 Å². The fourth-order valence-electron chi connectivity index (χ4n) is 1.15. The highest BCUT2D eigenvalue weighted by Crippen LogP contribution is 2.23. The quantitative estimate of drug-likeness (QED) is 0.428. The summed E-state index contributed by atoms with van der Waals surface area (Å²) in [5, 5.41) is 19.3. The van der Waals surface area contributed by atoms with Gasteiger partial charge >= 0.3 is 0 Å². The van der Waals surface area contributed by atoms with E-state index in [0.29, 0.717) is 5.56 Å². The number of nitro benzene ring substituents is 1. The van der Waals surface area contributed by atoms with Crippen LogP contribution in [-0.2, 0) is 0 Å². The van der Waals surface area contributed by atoms with E-state index < -0.39 is 4.92 Å². The summed E-state index contributed by atoms with van der Waals surface area (Å²) in [6, 6.07) is 6.09. The minimum atomic E-state index is -0.528. The standard InChI is InChI=1S/C11H9N2O2/c1-3-8(2)10-4-9(7-12)5-11(6-10)13(14)15/h3-6,8H,1-2H2. The van der Waals surface area contributed by atoms with Crippen LogP contribution in [-0.4, -0.2) is 4.92 Å². The second kappa shape index (κ2) is 4.38. The summed E-state index contributed by atoms with van der Waals surface area (Å²) in [5.41, 5.74) is 0.782. The number of allylic oxidation sites excluding steroid dienone is 1. The molecule has 0 aliphatic heterocycles. The molecular weight excluding hydrogens is 192 g/mol. The van der Waals surface area contributed by atoms with Crippen molar-refractivity contribution in [2.45, 2.75) is 5.92 Å². The third-order valence-electron chi connectivity index (χ3n) is 1.99. The Balaban J connectivity index is 3.30. The number of nitriles is 1. The smallest absolute Gasteiger partial charge is 0.258 e. The average Bonchev–Trinajstić information content (AvgIpc) is 2.27. The molecule has 0 amide bonds. The molecule has 0 aromatic heterocycles. The summed E-state index contributed by atoms with van der Waals surface area (Å²) < 4.78 is 0. The van der Waals surface area contributed by atoms with Gasteiger partial charge in [-0.1, -0.05) is 6.08 Å². The number of rotatable bonds is 3. The average molecular weight is 201 g/mol. The molecule has 0 saturated heterocycles. The first-order valence-corrected chi connectivity index (χ1v) is 4.23. The molecule has 0 aliphatic rings. The lowest BCUT2D eigenvalue weighted by atomic mass is 9.99. The van der Waals surface area contributed by atoms with E-state index in [1.54, 1.807) is 12.1 Å². The van der Waals surface area contributed by atoms with Gasteiger partial charge in [0.25, 0.3) is 5.69 Å². The van der Waals surface area contributed by atoms with Gasteiger partial charge in [-0.25, -0.2) is 0 Å². The monoisotopic (exact) mass is 201 g/mol. The van der Waals surface area contributed by atoms with Crippen molar-refractivity contribution in [3.63, 3.8) is 0 Å². The Bertz CT molecular complexity index is 446. The molecule has 1 aromatic rings. The molecule has 15 heavy (non-hydrogen) atoms. The van der Waals surface area contributed by atoms with Gasteiger partial charge in [0.15, 0.2) is 0 Å². The van der Waals surface area contributed by atoms with E-state index >= 15 is 0 Å². The Hall–Kier alpha value is -2.15. The zero-order valence-corrected chi connectivity index (χ0v) is 8.01. The zero-order chi connectivity index (χ0) is 11.4. The van der Waals surface area contributed by atoms with Crippen molar-refractivity contribution in [3.8, 4) is 6.07 Å². The van der Waals surface area contributed by atoms with E-state index in [1.807, 2.05) is 6.07 Å². The van der Waals surface area contributed by atoms with Gasteiger partial charge in [0, 0.05) is 18.1 Å². The Morgan fingerprint density at radius 3 is 2.67 bits per heavy atom. The van der Waals surface area contributed by atoms with Crippen molar-refractivity contribution in [1.82, 2.24) is 0 Å². The summed E-state index contributed by atoms with van der Waals surface area (Å²) >= 11 is 0. The fourth-order valence-corrected chi connectivity index (χ4v) is 1.15. The highest BCUT2D eigenvalue weighted by atomic mass is 16.6. The minimum Gasteiger partial charge on any atom is -0.258 e. The van der Waals surface area contributed by atoms with Crippen LogP contribution in [0, 0.1) is 28.4 Å². The fraction of sp³-hybridized carbons (Fsp3) is 0.0909. The van der Waals surface area contributed by atoms with E-state index in [-0.39, 0.29) is 17.2 Å². The van der Waals surface area contributed by atoms with Gasteiger partial charge in [-0.05, 0) is 18.6 Å². The summed E-state index contributed by atoms with van der Waals surface area (Å²) in [7, 11) is 0. The van der Waals surface area contributed by atoms with Crippen molar-refractivity contribution in [2.75, 3.05) is 0 Å². The van der Waals surface area contributed by atoms with Crippen LogP contribution in [0.25, 0.3) is 0 Å². The van der Waals surface area contributed by atoms with Crippen molar-refractivity contribution in [1.29, 1.82) is 5.26 Å². The van der Waals surface area contributed by atoms with Crippen LogP contribution in [0.15, 0.2) is 30.9 Å². The molecule has 4 nitrogen and oxygen atoms in total. The molecule has 1 atom stereocenters. The van der Waals surface area contributed by atoms with E-state index in [9.17, 15) is 10.1 Å². The van der Waals surface area contributed by atoms with Crippen LogP contribution in [0.4, 0.5) is 5.69 Å². The molecule has 1 radical (unpaired) electrons. The largest absolute Gasteiger partial charge is 0.271 e. The van der Waals surface area contributed by atoms with Gasteiger partial charge in [0.05, 0.1) is 16.6 Å². The topological polar surface area (TPSA) is 66.9 Å². The number of hydrogen-bond acceptors (Lipinski definition) is 3. The molecule has 1 aromatic carbocycles. The number of non-ortho nitro benzene ring substituents is 1. The van der Waals surface area contributed by atoms with Crippen molar-refractivity contribution in [3.05, 3.63) is 59.0 Å². The van der Waals surface area contributed by atoms with E-state index in [2.05, 4.69) is 13.5 Å². The molecule has 0 bridgehead atoms. The van der Waals surface area contributed by atoms with Crippen molar-refractivity contribution < 1.29 is 4.92 Å². The lowest BCUT2D eigenvalue weighted by Crippen LogP contribution is -1.95. The van der Waals surface area contributed by atoms with Crippen molar-refractivity contribution in [2.24, 2.45) is 0 Å². The maximum atomic E-state index is 10.6. The third kappa shape index (κ3) is 2.41.